The van der Waals surface area contributed by atoms with Crippen LogP contribution < -0.4 is 0 Å². The van der Waals surface area contributed by atoms with Crippen LogP contribution in [0.4, 0.5) is 0 Å². The summed E-state index contributed by atoms with van der Waals surface area (Å²) in [6.07, 6.45) is 0.805. The van der Waals surface area contributed by atoms with E-state index in [1.807, 2.05) is 18.2 Å². The molecule has 0 saturated heterocycles. The molecule has 1 aromatic rings. The molecule has 1 rings (SSSR count). The van der Waals surface area contributed by atoms with Crippen molar-refractivity contribution in [2.45, 2.75) is 32.9 Å². The van der Waals surface area contributed by atoms with E-state index in [4.69, 9.17) is 0 Å². The molecule has 2 heteroatoms. The Balaban J connectivity index is 2.39. The second kappa shape index (κ2) is 6.66. The molecule has 2 unspecified atom stereocenters. The third-order valence-corrected chi connectivity index (χ3v) is 3.09. The SMILES string of the molecule is CCC(C)C(O)CN(C)Cc1ccccc1. The van der Waals surface area contributed by atoms with Gasteiger partial charge in [-0.25, -0.2) is 0 Å². The number of aliphatic hydroxyl groups excluding tert-OH is 1. The molecule has 90 valence electrons. The molecule has 2 atom stereocenters. The van der Waals surface area contributed by atoms with Crippen LogP contribution in [0.2, 0.25) is 0 Å². The molecule has 2 nitrogen and oxygen atoms in total. The Morgan fingerprint density at radius 3 is 2.44 bits per heavy atom. The Labute approximate surface area is 98.9 Å². The summed E-state index contributed by atoms with van der Waals surface area (Å²) >= 11 is 0. The zero-order valence-electron chi connectivity index (χ0n) is 10.6. The van der Waals surface area contributed by atoms with Gasteiger partial charge in [0, 0.05) is 13.1 Å². The van der Waals surface area contributed by atoms with E-state index in [1.54, 1.807) is 0 Å². The summed E-state index contributed by atoms with van der Waals surface area (Å²) in [5.74, 6) is 0.373. The van der Waals surface area contributed by atoms with E-state index >= 15 is 0 Å². The molecule has 0 radical (unpaired) electrons. The van der Waals surface area contributed by atoms with Crippen LogP contribution in [0.15, 0.2) is 30.3 Å². The van der Waals surface area contributed by atoms with Gasteiger partial charge in [-0.1, -0.05) is 50.6 Å². The lowest BCUT2D eigenvalue weighted by molar-refractivity contribution is 0.0754. The summed E-state index contributed by atoms with van der Waals surface area (Å²) in [6, 6.07) is 10.4. The van der Waals surface area contributed by atoms with Crippen molar-refractivity contribution in [1.29, 1.82) is 0 Å². The smallest absolute Gasteiger partial charge is 0.0692 e. The van der Waals surface area contributed by atoms with Gasteiger partial charge in [-0.3, -0.25) is 4.90 Å². The van der Waals surface area contributed by atoms with Gasteiger partial charge < -0.3 is 5.11 Å². The summed E-state index contributed by atoms with van der Waals surface area (Å²) in [5, 5.41) is 9.92. The fraction of sp³-hybridized carbons (Fsp3) is 0.571. The molecule has 0 bridgehead atoms. The fourth-order valence-corrected chi connectivity index (χ4v) is 1.73. The van der Waals surface area contributed by atoms with Crippen molar-refractivity contribution in [1.82, 2.24) is 4.90 Å². The molecule has 0 saturated carbocycles. The van der Waals surface area contributed by atoms with Crippen molar-refractivity contribution in [3.63, 3.8) is 0 Å². The minimum atomic E-state index is -0.223. The largest absolute Gasteiger partial charge is 0.392 e. The van der Waals surface area contributed by atoms with Crippen LogP contribution in [-0.4, -0.2) is 29.7 Å². The van der Waals surface area contributed by atoms with Crippen molar-refractivity contribution >= 4 is 0 Å². The molecule has 0 aliphatic rings. The first-order valence-electron chi connectivity index (χ1n) is 6.04. The van der Waals surface area contributed by atoms with E-state index in [-0.39, 0.29) is 6.10 Å². The maximum absolute atomic E-state index is 9.92. The van der Waals surface area contributed by atoms with Gasteiger partial charge in [0.05, 0.1) is 6.10 Å². The monoisotopic (exact) mass is 221 g/mol. The van der Waals surface area contributed by atoms with Crippen molar-refractivity contribution in [3.05, 3.63) is 35.9 Å². The van der Waals surface area contributed by atoms with Gasteiger partial charge in [-0.15, -0.1) is 0 Å². The molecular formula is C14H23NO. The number of hydrogen-bond donors (Lipinski definition) is 1. The first kappa shape index (κ1) is 13.2. The third kappa shape index (κ3) is 4.33. The van der Waals surface area contributed by atoms with Crippen LogP contribution >= 0.6 is 0 Å². The number of nitrogens with zero attached hydrogens (tertiary/aromatic N) is 1. The van der Waals surface area contributed by atoms with Crippen molar-refractivity contribution in [2.24, 2.45) is 5.92 Å². The Hall–Kier alpha value is -0.860. The summed E-state index contributed by atoms with van der Waals surface area (Å²) in [6.45, 7) is 5.85. The van der Waals surface area contributed by atoms with E-state index in [0.717, 1.165) is 19.5 Å². The molecule has 0 aliphatic heterocycles. The predicted molar refractivity (Wildman–Crippen MR) is 68.2 cm³/mol. The van der Waals surface area contributed by atoms with Crippen LogP contribution in [0.3, 0.4) is 0 Å². The minimum absolute atomic E-state index is 0.223. The van der Waals surface area contributed by atoms with E-state index < -0.39 is 0 Å². The molecular weight excluding hydrogens is 198 g/mol. The van der Waals surface area contributed by atoms with Crippen LogP contribution in [-0.2, 0) is 6.54 Å². The highest BCUT2D eigenvalue weighted by Gasteiger charge is 2.14. The number of benzene rings is 1. The van der Waals surface area contributed by atoms with E-state index in [9.17, 15) is 5.11 Å². The van der Waals surface area contributed by atoms with E-state index in [2.05, 4.69) is 37.9 Å². The summed E-state index contributed by atoms with van der Waals surface area (Å²) in [7, 11) is 2.05. The average Bonchev–Trinajstić information content (AvgIpc) is 2.29. The molecule has 0 fully saturated rings. The molecule has 1 aromatic carbocycles. The normalized spacial score (nSPS) is 15.1. The van der Waals surface area contributed by atoms with E-state index in [1.165, 1.54) is 5.56 Å². The third-order valence-electron chi connectivity index (χ3n) is 3.09. The van der Waals surface area contributed by atoms with Gasteiger partial charge in [0.25, 0.3) is 0 Å². The van der Waals surface area contributed by atoms with Crippen molar-refractivity contribution in [3.8, 4) is 0 Å². The maximum atomic E-state index is 9.92. The zero-order valence-corrected chi connectivity index (χ0v) is 10.6. The topological polar surface area (TPSA) is 23.5 Å². The lowest BCUT2D eigenvalue weighted by Gasteiger charge is -2.24. The first-order valence-corrected chi connectivity index (χ1v) is 6.04. The fourth-order valence-electron chi connectivity index (χ4n) is 1.73. The van der Waals surface area contributed by atoms with Gasteiger partial charge in [-0.05, 0) is 18.5 Å². The van der Waals surface area contributed by atoms with Crippen molar-refractivity contribution in [2.75, 3.05) is 13.6 Å². The summed E-state index contributed by atoms with van der Waals surface area (Å²) < 4.78 is 0. The van der Waals surface area contributed by atoms with Crippen LogP contribution in [0.1, 0.15) is 25.8 Å². The van der Waals surface area contributed by atoms with Gasteiger partial charge in [0.1, 0.15) is 0 Å². The Morgan fingerprint density at radius 2 is 1.88 bits per heavy atom. The number of aliphatic hydroxyl groups is 1. The number of likely N-dealkylation sites (N-methyl/N-ethyl adjacent to an activating group) is 1. The molecule has 16 heavy (non-hydrogen) atoms. The van der Waals surface area contributed by atoms with Gasteiger partial charge in [0.15, 0.2) is 0 Å². The molecule has 0 spiro atoms. The second-order valence-electron chi connectivity index (χ2n) is 4.64. The van der Waals surface area contributed by atoms with Crippen LogP contribution in [0.25, 0.3) is 0 Å². The van der Waals surface area contributed by atoms with Crippen molar-refractivity contribution < 1.29 is 5.11 Å². The molecule has 0 aliphatic carbocycles. The molecule has 0 amide bonds. The Bertz CT molecular complexity index is 286. The zero-order chi connectivity index (χ0) is 12.0. The highest BCUT2D eigenvalue weighted by Crippen LogP contribution is 2.10. The Kier molecular flexibility index (Phi) is 5.50. The standard InChI is InChI=1S/C14H23NO/c1-4-12(2)14(16)11-15(3)10-13-8-6-5-7-9-13/h5-9,12,14,16H,4,10-11H2,1-3H3. The molecule has 0 heterocycles. The lowest BCUT2D eigenvalue weighted by Crippen LogP contribution is -2.32. The minimum Gasteiger partial charge on any atom is -0.392 e. The summed E-state index contributed by atoms with van der Waals surface area (Å²) in [5.41, 5.74) is 1.29. The van der Waals surface area contributed by atoms with Crippen LogP contribution in [0.5, 0.6) is 0 Å². The molecule has 1 N–H and O–H groups in total. The summed E-state index contributed by atoms with van der Waals surface area (Å²) in [4.78, 5) is 2.17. The van der Waals surface area contributed by atoms with E-state index in [0.29, 0.717) is 5.92 Å². The maximum Gasteiger partial charge on any atom is 0.0692 e. The predicted octanol–water partition coefficient (Wildman–Crippen LogP) is 2.53. The highest BCUT2D eigenvalue weighted by atomic mass is 16.3. The van der Waals surface area contributed by atoms with Crippen LogP contribution in [0, 0.1) is 5.92 Å². The average molecular weight is 221 g/mol. The second-order valence-corrected chi connectivity index (χ2v) is 4.64. The van der Waals surface area contributed by atoms with Gasteiger partial charge in [0.2, 0.25) is 0 Å². The van der Waals surface area contributed by atoms with Gasteiger partial charge >= 0.3 is 0 Å². The first-order chi connectivity index (χ1) is 7.63. The number of hydrogen-bond acceptors (Lipinski definition) is 2. The lowest BCUT2D eigenvalue weighted by atomic mass is 10.0. The molecule has 0 aromatic heterocycles. The number of rotatable bonds is 6. The Morgan fingerprint density at radius 1 is 1.25 bits per heavy atom. The quantitative estimate of drug-likeness (QED) is 0.798. The highest BCUT2D eigenvalue weighted by molar-refractivity contribution is 5.14. The van der Waals surface area contributed by atoms with Gasteiger partial charge in [-0.2, -0.15) is 0 Å².